The topological polar surface area (TPSA) is 66.2 Å². The normalized spacial score (nSPS) is 12.6. The van der Waals surface area contributed by atoms with Gasteiger partial charge in [-0.1, -0.05) is 0 Å². The number of nitrogens with two attached hydrogens (primary N) is 1. The number of carbonyl (C=O) groups is 1. The van der Waals surface area contributed by atoms with Crippen molar-refractivity contribution < 1.29 is 36.2 Å². The summed E-state index contributed by atoms with van der Waals surface area (Å²) in [5.41, 5.74) is -1.44. The van der Waals surface area contributed by atoms with E-state index in [4.69, 9.17) is 5.73 Å². The van der Waals surface area contributed by atoms with Gasteiger partial charge in [0, 0.05) is 11.3 Å². The summed E-state index contributed by atoms with van der Waals surface area (Å²) in [7, 11) is 0. The summed E-state index contributed by atoms with van der Waals surface area (Å²) in [5, 5.41) is 10.5. The minimum atomic E-state index is -5.29. The largest absolute Gasteiger partial charge is 0.545 e. The van der Waals surface area contributed by atoms with E-state index in [0.717, 1.165) is 0 Å². The molecule has 0 aliphatic heterocycles. The Morgan fingerprint density at radius 1 is 1.06 bits per heavy atom. The van der Waals surface area contributed by atoms with Crippen LogP contribution >= 0.6 is 0 Å². The third-order valence-corrected chi connectivity index (χ3v) is 2.01. The van der Waals surface area contributed by atoms with Gasteiger partial charge in [-0.15, -0.1) is 0 Å². The first-order chi connectivity index (χ1) is 7.94. The van der Waals surface area contributed by atoms with E-state index in [9.17, 15) is 36.2 Å². The molecule has 18 heavy (non-hydrogen) atoms. The second-order valence-electron chi connectivity index (χ2n) is 3.27. The fourth-order valence-corrected chi connectivity index (χ4v) is 1.28. The van der Waals surface area contributed by atoms with Crippen LogP contribution in [-0.4, -0.2) is 5.97 Å². The molecule has 0 aromatic heterocycles. The molecule has 3 nitrogen and oxygen atoms in total. The summed E-state index contributed by atoms with van der Waals surface area (Å²) in [6, 6.07) is -0.206. The average molecular weight is 272 g/mol. The molecular formula is C9H4F6NO2-. The average Bonchev–Trinajstić information content (AvgIpc) is 2.12. The number of carboxylic acids is 1. The lowest BCUT2D eigenvalue weighted by Crippen LogP contribution is -2.28. The third-order valence-electron chi connectivity index (χ3n) is 2.01. The van der Waals surface area contributed by atoms with E-state index in [1.807, 2.05) is 0 Å². The Kier molecular flexibility index (Phi) is 3.20. The fraction of sp³-hybridized carbons (Fsp3) is 0.222. The first-order valence-electron chi connectivity index (χ1n) is 4.24. The summed E-state index contributed by atoms with van der Waals surface area (Å²) in [6.07, 6.45) is -10.4. The van der Waals surface area contributed by atoms with Crippen molar-refractivity contribution in [2.24, 2.45) is 0 Å². The molecule has 2 N–H and O–H groups in total. The van der Waals surface area contributed by atoms with Crippen molar-refractivity contribution in [2.45, 2.75) is 12.4 Å². The number of carbonyl (C=O) groups excluding carboxylic acids is 1. The van der Waals surface area contributed by atoms with Gasteiger partial charge >= 0.3 is 12.4 Å². The Hall–Kier alpha value is -1.93. The Bertz CT molecular complexity index is 491. The summed E-state index contributed by atoms with van der Waals surface area (Å²) < 4.78 is 74.2. The Labute approximate surface area is 95.8 Å². The lowest BCUT2D eigenvalue weighted by Gasteiger charge is -2.18. The van der Waals surface area contributed by atoms with Crippen LogP contribution in [0.2, 0.25) is 0 Å². The SMILES string of the molecule is Nc1cc(C(F)(F)F)cc(C(F)(F)F)c1C(=O)[O-]. The van der Waals surface area contributed by atoms with E-state index in [2.05, 4.69) is 0 Å². The molecule has 0 aliphatic rings. The predicted molar refractivity (Wildman–Crippen MR) is 45.2 cm³/mol. The first kappa shape index (κ1) is 14.1. The molecule has 0 bridgehead atoms. The van der Waals surface area contributed by atoms with Gasteiger partial charge in [0.1, 0.15) is 0 Å². The van der Waals surface area contributed by atoms with Crippen molar-refractivity contribution in [1.82, 2.24) is 0 Å². The summed E-state index contributed by atoms with van der Waals surface area (Å²) in [4.78, 5) is 10.5. The van der Waals surface area contributed by atoms with Crippen molar-refractivity contribution in [3.8, 4) is 0 Å². The summed E-state index contributed by atoms with van der Waals surface area (Å²) in [5.74, 6) is -2.30. The highest BCUT2D eigenvalue weighted by atomic mass is 19.4. The zero-order valence-electron chi connectivity index (χ0n) is 8.32. The number of nitrogen functional groups attached to an aromatic ring is 1. The summed E-state index contributed by atoms with van der Waals surface area (Å²) >= 11 is 0. The number of hydrogen-bond donors (Lipinski definition) is 1. The lowest BCUT2D eigenvalue weighted by atomic mass is 10.0. The highest BCUT2D eigenvalue weighted by molar-refractivity contribution is 5.94. The van der Waals surface area contributed by atoms with E-state index < -0.39 is 40.7 Å². The monoisotopic (exact) mass is 272 g/mol. The highest BCUT2D eigenvalue weighted by Gasteiger charge is 2.39. The lowest BCUT2D eigenvalue weighted by molar-refractivity contribution is -0.255. The van der Waals surface area contributed by atoms with Crippen molar-refractivity contribution in [3.05, 3.63) is 28.8 Å². The molecular weight excluding hydrogens is 268 g/mol. The molecule has 9 heteroatoms. The maximum absolute atomic E-state index is 12.4. The van der Waals surface area contributed by atoms with Crippen molar-refractivity contribution in [2.75, 3.05) is 5.73 Å². The smallest absolute Gasteiger partial charge is 0.417 e. The molecule has 0 spiro atoms. The third kappa shape index (κ3) is 2.66. The molecule has 0 radical (unpaired) electrons. The zero-order valence-corrected chi connectivity index (χ0v) is 8.32. The standard InChI is InChI=1S/C9H5F6NO2/c10-8(11,12)3-1-4(9(13,14)15)6(7(17)18)5(16)2-3/h1-2H,16H2,(H,17,18)/p-1. The maximum Gasteiger partial charge on any atom is 0.417 e. The number of benzene rings is 1. The van der Waals surface area contributed by atoms with Gasteiger partial charge in [-0.25, -0.2) is 0 Å². The maximum atomic E-state index is 12.4. The van der Waals surface area contributed by atoms with Gasteiger partial charge in [0.05, 0.1) is 17.1 Å². The molecule has 0 heterocycles. The van der Waals surface area contributed by atoms with Gasteiger partial charge < -0.3 is 15.6 Å². The van der Waals surface area contributed by atoms with Crippen LogP contribution in [0.4, 0.5) is 32.0 Å². The van der Waals surface area contributed by atoms with Gasteiger partial charge in [-0.05, 0) is 12.1 Å². The van der Waals surface area contributed by atoms with Gasteiger partial charge in [0.15, 0.2) is 0 Å². The van der Waals surface area contributed by atoms with Gasteiger partial charge in [0.2, 0.25) is 0 Å². The minimum Gasteiger partial charge on any atom is -0.545 e. The Balaban J connectivity index is 3.64. The van der Waals surface area contributed by atoms with Crippen LogP contribution in [0.3, 0.4) is 0 Å². The van der Waals surface area contributed by atoms with E-state index in [-0.39, 0.29) is 12.1 Å². The second-order valence-corrected chi connectivity index (χ2v) is 3.27. The Morgan fingerprint density at radius 3 is 1.89 bits per heavy atom. The molecule has 0 aliphatic carbocycles. The van der Waals surface area contributed by atoms with Gasteiger partial charge in [-0.3, -0.25) is 0 Å². The number of carboxylic acid groups (broad SMARTS) is 1. The minimum absolute atomic E-state index is 0.111. The van der Waals surface area contributed by atoms with Crippen LogP contribution in [0.1, 0.15) is 21.5 Å². The molecule has 0 saturated carbocycles. The van der Waals surface area contributed by atoms with Crippen LogP contribution in [0, 0.1) is 0 Å². The van der Waals surface area contributed by atoms with Gasteiger partial charge in [0.25, 0.3) is 0 Å². The number of aromatic carboxylic acids is 1. The number of halogens is 6. The number of anilines is 1. The predicted octanol–water partition coefficient (Wildman–Crippen LogP) is 1.67. The van der Waals surface area contributed by atoms with Crippen molar-refractivity contribution >= 4 is 11.7 Å². The van der Waals surface area contributed by atoms with E-state index in [0.29, 0.717) is 0 Å². The number of alkyl halides is 6. The zero-order chi connectivity index (χ0) is 14.3. The molecule has 0 atom stereocenters. The molecule has 1 rings (SSSR count). The van der Waals surface area contributed by atoms with Crippen molar-refractivity contribution in [3.63, 3.8) is 0 Å². The number of hydrogen-bond acceptors (Lipinski definition) is 3. The molecule has 0 saturated heterocycles. The van der Waals surface area contributed by atoms with E-state index >= 15 is 0 Å². The first-order valence-corrected chi connectivity index (χ1v) is 4.24. The number of rotatable bonds is 1. The van der Waals surface area contributed by atoms with Crippen LogP contribution < -0.4 is 10.8 Å². The fourth-order valence-electron chi connectivity index (χ4n) is 1.28. The van der Waals surface area contributed by atoms with Crippen LogP contribution in [0.15, 0.2) is 12.1 Å². The van der Waals surface area contributed by atoms with Crippen LogP contribution in [-0.2, 0) is 12.4 Å². The van der Waals surface area contributed by atoms with E-state index in [1.54, 1.807) is 0 Å². The van der Waals surface area contributed by atoms with Crippen LogP contribution in [0.25, 0.3) is 0 Å². The van der Waals surface area contributed by atoms with Crippen LogP contribution in [0.5, 0.6) is 0 Å². The summed E-state index contributed by atoms with van der Waals surface area (Å²) in [6.45, 7) is 0. The molecule has 100 valence electrons. The molecule has 0 unspecified atom stereocenters. The quantitative estimate of drug-likeness (QED) is 0.624. The molecule has 1 aromatic rings. The molecule has 1 aromatic carbocycles. The van der Waals surface area contributed by atoms with E-state index in [1.165, 1.54) is 0 Å². The highest BCUT2D eigenvalue weighted by Crippen LogP contribution is 2.39. The van der Waals surface area contributed by atoms with Crippen molar-refractivity contribution in [1.29, 1.82) is 0 Å². The Morgan fingerprint density at radius 2 is 1.56 bits per heavy atom. The van der Waals surface area contributed by atoms with Gasteiger partial charge in [-0.2, -0.15) is 26.3 Å². The molecule has 0 fully saturated rings. The second kappa shape index (κ2) is 4.07. The molecule has 0 amide bonds.